The van der Waals surface area contributed by atoms with Crippen LogP contribution in [-0.2, 0) is 13.2 Å². The molecule has 0 unspecified atom stereocenters. The Morgan fingerprint density at radius 2 is 1.72 bits per heavy atom. The van der Waals surface area contributed by atoms with Gasteiger partial charge in [-0.05, 0) is 36.4 Å². The molecule has 0 atom stereocenters. The summed E-state index contributed by atoms with van der Waals surface area (Å²) in [7, 11) is 1.38. The van der Waals surface area contributed by atoms with Crippen LogP contribution in [0.25, 0.3) is 28.0 Å². The van der Waals surface area contributed by atoms with E-state index in [0.717, 1.165) is 16.8 Å². The zero-order valence-electron chi connectivity index (χ0n) is 14.9. The van der Waals surface area contributed by atoms with Crippen LogP contribution in [0, 0.1) is 5.82 Å². The third kappa shape index (κ3) is 3.12. The highest BCUT2D eigenvalue weighted by Gasteiger charge is 2.39. The number of benzene rings is 1. The van der Waals surface area contributed by atoms with Gasteiger partial charge in [0.2, 0.25) is 0 Å². The number of amides is 1. The summed E-state index contributed by atoms with van der Waals surface area (Å²) in [6.07, 6.45) is -2.14. The van der Waals surface area contributed by atoms with Crippen LogP contribution in [0.1, 0.15) is 16.2 Å². The first kappa shape index (κ1) is 18.7. The molecule has 0 saturated heterocycles. The topological polar surface area (TPSA) is 78.2 Å². The molecule has 0 fully saturated rings. The summed E-state index contributed by atoms with van der Waals surface area (Å²) in [5.74, 6) is -1.28. The molecule has 0 aliphatic heterocycles. The Hall–Kier alpha value is -3.69. The minimum absolute atomic E-state index is 0.0302. The number of nitrogens with two attached hydrogens (primary N) is 1. The van der Waals surface area contributed by atoms with Gasteiger partial charge in [0.05, 0.1) is 11.9 Å². The molecule has 0 aliphatic carbocycles. The molecular formula is C19H13F4N5O. The van der Waals surface area contributed by atoms with E-state index in [4.69, 9.17) is 5.73 Å². The predicted octanol–water partition coefficient (Wildman–Crippen LogP) is 3.66. The van der Waals surface area contributed by atoms with Crippen LogP contribution in [0.15, 0.2) is 48.8 Å². The number of aromatic nitrogens is 4. The van der Waals surface area contributed by atoms with E-state index < -0.39 is 23.6 Å². The van der Waals surface area contributed by atoms with E-state index in [1.54, 1.807) is 0 Å². The van der Waals surface area contributed by atoms with Gasteiger partial charge in [-0.3, -0.25) is 13.9 Å². The van der Waals surface area contributed by atoms with Gasteiger partial charge in [0, 0.05) is 29.9 Å². The number of hydrogen-bond donors (Lipinski definition) is 1. The van der Waals surface area contributed by atoms with Crippen molar-refractivity contribution in [3.05, 3.63) is 66.0 Å². The largest absolute Gasteiger partial charge is 0.435 e. The molecule has 0 aliphatic rings. The fourth-order valence-electron chi connectivity index (χ4n) is 3.25. The van der Waals surface area contributed by atoms with Crippen LogP contribution < -0.4 is 5.73 Å². The SMILES string of the molecule is Cn1nc(C(F)(F)F)c(-c2ccc3ncc(C(N)=O)n3c2)c1-c1ccc(F)cc1. The molecule has 3 aromatic heterocycles. The molecule has 1 amide bonds. The first-order valence-electron chi connectivity index (χ1n) is 8.34. The van der Waals surface area contributed by atoms with Crippen molar-refractivity contribution in [2.24, 2.45) is 12.8 Å². The average molecular weight is 403 g/mol. The van der Waals surface area contributed by atoms with E-state index in [2.05, 4.69) is 10.1 Å². The van der Waals surface area contributed by atoms with Crippen LogP contribution >= 0.6 is 0 Å². The molecule has 0 bridgehead atoms. The second kappa shape index (κ2) is 6.43. The van der Waals surface area contributed by atoms with Crippen molar-refractivity contribution in [2.45, 2.75) is 6.18 Å². The van der Waals surface area contributed by atoms with Gasteiger partial charge in [0.1, 0.15) is 17.2 Å². The monoisotopic (exact) mass is 403 g/mol. The molecule has 148 valence electrons. The average Bonchev–Trinajstić information content (AvgIpc) is 3.23. The summed E-state index contributed by atoms with van der Waals surface area (Å²) in [6, 6.07) is 7.99. The standard InChI is InChI=1S/C19H13F4N5O/c1-27-16(10-2-5-12(20)6-3-10)15(17(26-27)19(21,22)23)11-4-7-14-25-8-13(18(24)29)28(14)9-11/h2-9H,1H3,(H2,24,29). The molecule has 2 N–H and O–H groups in total. The molecule has 4 aromatic rings. The Morgan fingerprint density at radius 1 is 1.07 bits per heavy atom. The summed E-state index contributed by atoms with van der Waals surface area (Å²) >= 11 is 0. The normalized spacial score (nSPS) is 11.9. The Balaban J connectivity index is 2.04. The highest BCUT2D eigenvalue weighted by Crippen LogP contribution is 2.42. The molecule has 0 spiro atoms. The highest BCUT2D eigenvalue weighted by atomic mass is 19.4. The molecule has 3 heterocycles. The predicted molar refractivity (Wildman–Crippen MR) is 96.3 cm³/mol. The number of primary amides is 1. The van der Waals surface area contributed by atoms with E-state index in [9.17, 15) is 22.4 Å². The van der Waals surface area contributed by atoms with E-state index in [0.29, 0.717) is 11.2 Å². The maximum absolute atomic E-state index is 13.7. The lowest BCUT2D eigenvalue weighted by Crippen LogP contribution is -2.13. The molecular weight excluding hydrogens is 390 g/mol. The second-order valence-electron chi connectivity index (χ2n) is 6.35. The number of carbonyl (C=O) groups excluding carboxylic acids is 1. The first-order valence-corrected chi connectivity index (χ1v) is 8.34. The van der Waals surface area contributed by atoms with Gasteiger partial charge in [-0.1, -0.05) is 0 Å². The summed E-state index contributed by atoms with van der Waals surface area (Å²) in [5.41, 5.74) is 5.06. The van der Waals surface area contributed by atoms with Crippen LogP contribution in [0.3, 0.4) is 0 Å². The Labute approximate surface area is 161 Å². The van der Waals surface area contributed by atoms with E-state index in [1.165, 1.54) is 48.1 Å². The molecule has 4 rings (SSSR count). The number of nitrogens with zero attached hydrogens (tertiary/aromatic N) is 4. The fourth-order valence-corrected chi connectivity index (χ4v) is 3.25. The summed E-state index contributed by atoms with van der Waals surface area (Å²) in [5, 5.41) is 3.66. The van der Waals surface area contributed by atoms with Crippen LogP contribution in [-0.4, -0.2) is 25.1 Å². The Kier molecular flexibility index (Phi) is 4.14. The molecule has 0 saturated carbocycles. The lowest BCUT2D eigenvalue weighted by molar-refractivity contribution is -0.140. The smallest absolute Gasteiger partial charge is 0.364 e. The number of alkyl halides is 3. The second-order valence-corrected chi connectivity index (χ2v) is 6.35. The van der Waals surface area contributed by atoms with Crippen LogP contribution in [0.2, 0.25) is 0 Å². The van der Waals surface area contributed by atoms with Crippen molar-refractivity contribution in [3.8, 4) is 22.4 Å². The fraction of sp³-hybridized carbons (Fsp3) is 0.105. The van der Waals surface area contributed by atoms with Gasteiger partial charge in [0.15, 0.2) is 5.69 Å². The van der Waals surface area contributed by atoms with Crippen molar-refractivity contribution >= 4 is 11.6 Å². The molecule has 0 radical (unpaired) electrons. The third-order valence-corrected chi connectivity index (χ3v) is 4.48. The molecule has 10 heteroatoms. The quantitative estimate of drug-likeness (QED) is 0.531. The number of fused-ring (bicyclic) bond motifs is 1. The van der Waals surface area contributed by atoms with E-state index in [1.807, 2.05) is 0 Å². The molecule has 6 nitrogen and oxygen atoms in total. The lowest BCUT2D eigenvalue weighted by Gasteiger charge is -2.11. The maximum Gasteiger partial charge on any atom is 0.435 e. The number of pyridine rings is 1. The van der Waals surface area contributed by atoms with Crippen molar-refractivity contribution in [2.75, 3.05) is 0 Å². The van der Waals surface area contributed by atoms with Gasteiger partial charge < -0.3 is 5.73 Å². The van der Waals surface area contributed by atoms with Crippen molar-refractivity contribution in [3.63, 3.8) is 0 Å². The maximum atomic E-state index is 13.7. The Bertz CT molecular complexity index is 1240. The highest BCUT2D eigenvalue weighted by molar-refractivity contribution is 5.92. The first-order chi connectivity index (χ1) is 13.7. The number of aryl methyl sites for hydroxylation is 1. The van der Waals surface area contributed by atoms with Crippen molar-refractivity contribution in [1.29, 1.82) is 0 Å². The number of imidazole rings is 1. The summed E-state index contributed by atoms with van der Waals surface area (Å²) in [6.45, 7) is 0. The summed E-state index contributed by atoms with van der Waals surface area (Å²) < 4.78 is 57.0. The summed E-state index contributed by atoms with van der Waals surface area (Å²) in [4.78, 5) is 15.6. The third-order valence-electron chi connectivity index (χ3n) is 4.48. The number of halogens is 4. The van der Waals surface area contributed by atoms with Gasteiger partial charge in [-0.25, -0.2) is 9.37 Å². The minimum atomic E-state index is -4.73. The van der Waals surface area contributed by atoms with Crippen LogP contribution in [0.5, 0.6) is 0 Å². The number of hydrogen-bond acceptors (Lipinski definition) is 3. The zero-order chi connectivity index (χ0) is 20.9. The number of rotatable bonds is 3. The number of carbonyl (C=O) groups is 1. The minimum Gasteiger partial charge on any atom is -0.364 e. The van der Waals surface area contributed by atoms with Crippen molar-refractivity contribution in [1.82, 2.24) is 19.2 Å². The Morgan fingerprint density at radius 3 is 2.34 bits per heavy atom. The van der Waals surface area contributed by atoms with Gasteiger partial charge in [-0.15, -0.1) is 0 Å². The van der Waals surface area contributed by atoms with Gasteiger partial charge >= 0.3 is 6.18 Å². The van der Waals surface area contributed by atoms with Gasteiger partial charge in [0.25, 0.3) is 5.91 Å². The van der Waals surface area contributed by atoms with Gasteiger partial charge in [-0.2, -0.15) is 18.3 Å². The molecule has 1 aromatic carbocycles. The molecule has 29 heavy (non-hydrogen) atoms. The van der Waals surface area contributed by atoms with Crippen LogP contribution in [0.4, 0.5) is 17.6 Å². The van der Waals surface area contributed by atoms with E-state index in [-0.39, 0.29) is 22.5 Å². The van der Waals surface area contributed by atoms with E-state index >= 15 is 0 Å². The van der Waals surface area contributed by atoms with Crippen molar-refractivity contribution < 1.29 is 22.4 Å². The zero-order valence-corrected chi connectivity index (χ0v) is 14.9. The lowest BCUT2D eigenvalue weighted by atomic mass is 9.99.